The van der Waals surface area contributed by atoms with E-state index in [2.05, 4.69) is 6.58 Å². The summed E-state index contributed by atoms with van der Waals surface area (Å²) < 4.78 is 13.1. The molecule has 0 unspecified atom stereocenters. The minimum atomic E-state index is -0.286. The first kappa shape index (κ1) is 18.5. The molecule has 2 aromatic carbocycles. The first-order chi connectivity index (χ1) is 11.4. The van der Waals surface area contributed by atoms with Crippen LogP contribution in [0.4, 0.5) is 4.39 Å². The molecule has 0 aliphatic heterocycles. The molecule has 24 heavy (non-hydrogen) atoms. The summed E-state index contributed by atoms with van der Waals surface area (Å²) in [5, 5.41) is 0.593. The number of hydrogen-bond donors (Lipinski definition) is 0. The summed E-state index contributed by atoms with van der Waals surface area (Å²) in [5.41, 5.74) is 1.32. The molecule has 0 aliphatic carbocycles. The topological polar surface area (TPSA) is 20.3 Å². The van der Waals surface area contributed by atoms with E-state index in [1.165, 1.54) is 12.1 Å². The predicted molar refractivity (Wildman–Crippen MR) is 97.4 cm³/mol. The Balaban J connectivity index is 2.19. The Morgan fingerprint density at radius 2 is 1.92 bits per heavy atom. The fourth-order valence-electron chi connectivity index (χ4n) is 2.54. The van der Waals surface area contributed by atoms with Gasteiger partial charge in [0.1, 0.15) is 5.82 Å². The SMILES string of the molecule is C=CC[C@H](CN(C)C(=O)c1cccc(Cl)c1Cl)c1ccc(F)cc1. The Labute approximate surface area is 151 Å². The molecular weight excluding hydrogens is 348 g/mol. The van der Waals surface area contributed by atoms with Crippen molar-refractivity contribution in [2.24, 2.45) is 0 Å². The van der Waals surface area contributed by atoms with E-state index in [-0.39, 0.29) is 22.7 Å². The van der Waals surface area contributed by atoms with Crippen LogP contribution in [0.15, 0.2) is 55.1 Å². The highest BCUT2D eigenvalue weighted by molar-refractivity contribution is 6.43. The quantitative estimate of drug-likeness (QED) is 0.613. The average Bonchev–Trinajstić information content (AvgIpc) is 2.57. The standard InChI is InChI=1S/C19H18Cl2FNO/c1-3-5-14(13-8-10-15(22)11-9-13)12-23(2)19(24)16-6-4-7-17(20)18(16)21/h3-4,6-11,14H,1,5,12H2,2H3/t14-/m1/s1. The summed E-state index contributed by atoms with van der Waals surface area (Å²) in [5.74, 6) is -0.472. The maximum atomic E-state index is 13.1. The number of rotatable bonds is 6. The van der Waals surface area contributed by atoms with E-state index in [1.807, 2.05) is 0 Å². The number of likely N-dealkylation sites (N-methyl/N-ethyl adjacent to an activating group) is 1. The van der Waals surface area contributed by atoms with Crippen molar-refractivity contribution in [3.05, 3.63) is 82.1 Å². The van der Waals surface area contributed by atoms with Crippen molar-refractivity contribution in [2.45, 2.75) is 12.3 Å². The van der Waals surface area contributed by atoms with Crippen molar-refractivity contribution < 1.29 is 9.18 Å². The molecule has 126 valence electrons. The summed E-state index contributed by atoms with van der Waals surface area (Å²) in [6.45, 7) is 4.22. The van der Waals surface area contributed by atoms with Gasteiger partial charge in [-0.25, -0.2) is 4.39 Å². The van der Waals surface area contributed by atoms with E-state index in [0.29, 0.717) is 23.6 Å². The molecule has 0 aliphatic rings. The third kappa shape index (κ3) is 4.37. The number of carbonyl (C=O) groups excluding carboxylic acids is 1. The van der Waals surface area contributed by atoms with Crippen molar-refractivity contribution in [3.8, 4) is 0 Å². The summed E-state index contributed by atoms with van der Waals surface area (Å²) >= 11 is 12.1. The molecule has 1 atom stereocenters. The lowest BCUT2D eigenvalue weighted by Gasteiger charge is -2.24. The van der Waals surface area contributed by atoms with Crippen molar-refractivity contribution in [1.29, 1.82) is 0 Å². The monoisotopic (exact) mass is 365 g/mol. The predicted octanol–water partition coefficient (Wildman–Crippen LogP) is 5.56. The van der Waals surface area contributed by atoms with Crippen LogP contribution in [-0.4, -0.2) is 24.4 Å². The first-order valence-electron chi connectivity index (χ1n) is 7.50. The minimum absolute atomic E-state index is 0.0232. The number of carbonyl (C=O) groups is 1. The lowest BCUT2D eigenvalue weighted by atomic mass is 9.95. The smallest absolute Gasteiger partial charge is 0.255 e. The fourth-order valence-corrected chi connectivity index (χ4v) is 2.92. The van der Waals surface area contributed by atoms with E-state index in [4.69, 9.17) is 23.2 Å². The van der Waals surface area contributed by atoms with E-state index < -0.39 is 0 Å². The molecule has 0 bridgehead atoms. The Kier molecular flexibility index (Phi) is 6.41. The van der Waals surface area contributed by atoms with Gasteiger partial charge >= 0.3 is 0 Å². The van der Waals surface area contributed by atoms with Crippen LogP contribution in [0.2, 0.25) is 10.0 Å². The van der Waals surface area contributed by atoms with Crippen LogP contribution in [0, 0.1) is 5.82 Å². The molecule has 0 aromatic heterocycles. The van der Waals surface area contributed by atoms with Crippen LogP contribution in [-0.2, 0) is 0 Å². The van der Waals surface area contributed by atoms with Crippen LogP contribution in [0.1, 0.15) is 28.3 Å². The lowest BCUT2D eigenvalue weighted by Crippen LogP contribution is -2.31. The number of benzene rings is 2. The summed E-state index contributed by atoms with van der Waals surface area (Å²) in [6.07, 6.45) is 2.46. The van der Waals surface area contributed by atoms with Gasteiger partial charge in [-0.1, -0.05) is 47.5 Å². The lowest BCUT2D eigenvalue weighted by molar-refractivity contribution is 0.0786. The molecule has 2 aromatic rings. The molecule has 0 fully saturated rings. The highest BCUT2D eigenvalue weighted by Gasteiger charge is 2.20. The summed E-state index contributed by atoms with van der Waals surface area (Å²) in [4.78, 5) is 14.2. The number of hydrogen-bond acceptors (Lipinski definition) is 1. The molecule has 0 spiro atoms. The Hall–Kier alpha value is -1.84. The van der Waals surface area contributed by atoms with Gasteiger partial charge in [0.2, 0.25) is 0 Å². The Morgan fingerprint density at radius 3 is 2.54 bits per heavy atom. The maximum absolute atomic E-state index is 13.1. The van der Waals surface area contributed by atoms with Gasteiger partial charge in [0.05, 0.1) is 15.6 Å². The van der Waals surface area contributed by atoms with Gasteiger partial charge in [-0.2, -0.15) is 0 Å². The largest absolute Gasteiger partial charge is 0.341 e. The Bertz CT molecular complexity index is 731. The zero-order valence-corrected chi connectivity index (χ0v) is 14.8. The zero-order valence-electron chi connectivity index (χ0n) is 13.3. The van der Waals surface area contributed by atoms with E-state index in [0.717, 1.165) is 5.56 Å². The van der Waals surface area contributed by atoms with Crippen molar-refractivity contribution in [2.75, 3.05) is 13.6 Å². The highest BCUT2D eigenvalue weighted by atomic mass is 35.5. The second-order valence-electron chi connectivity index (χ2n) is 5.56. The van der Waals surface area contributed by atoms with Gasteiger partial charge in [0, 0.05) is 19.5 Å². The first-order valence-corrected chi connectivity index (χ1v) is 8.25. The van der Waals surface area contributed by atoms with Gasteiger partial charge in [-0.05, 0) is 36.2 Å². The second kappa shape index (κ2) is 8.32. The number of nitrogens with zero attached hydrogens (tertiary/aromatic N) is 1. The molecule has 0 heterocycles. The molecular formula is C19H18Cl2FNO. The fraction of sp³-hybridized carbons (Fsp3) is 0.211. The second-order valence-corrected chi connectivity index (χ2v) is 6.35. The molecule has 1 amide bonds. The highest BCUT2D eigenvalue weighted by Crippen LogP contribution is 2.27. The van der Waals surface area contributed by atoms with E-state index >= 15 is 0 Å². The minimum Gasteiger partial charge on any atom is -0.341 e. The van der Waals surface area contributed by atoms with Crippen molar-refractivity contribution in [1.82, 2.24) is 4.90 Å². The molecule has 0 N–H and O–H groups in total. The van der Waals surface area contributed by atoms with Gasteiger partial charge in [-0.3, -0.25) is 4.79 Å². The van der Waals surface area contributed by atoms with Gasteiger partial charge in [0.25, 0.3) is 5.91 Å². The van der Waals surface area contributed by atoms with E-state index in [1.54, 1.807) is 48.4 Å². The maximum Gasteiger partial charge on any atom is 0.255 e. The zero-order chi connectivity index (χ0) is 17.7. The normalized spacial score (nSPS) is 11.8. The van der Waals surface area contributed by atoms with Crippen LogP contribution in [0.3, 0.4) is 0 Å². The van der Waals surface area contributed by atoms with Crippen molar-refractivity contribution >= 4 is 29.1 Å². The van der Waals surface area contributed by atoms with E-state index in [9.17, 15) is 9.18 Å². The Morgan fingerprint density at radius 1 is 1.25 bits per heavy atom. The molecule has 2 rings (SSSR count). The number of halogens is 3. The summed E-state index contributed by atoms with van der Waals surface area (Å²) in [7, 11) is 1.71. The van der Waals surface area contributed by atoms with Crippen molar-refractivity contribution in [3.63, 3.8) is 0 Å². The van der Waals surface area contributed by atoms with Gasteiger partial charge in [-0.15, -0.1) is 6.58 Å². The number of allylic oxidation sites excluding steroid dienone is 1. The molecule has 5 heteroatoms. The van der Waals surface area contributed by atoms with Crippen LogP contribution in [0.25, 0.3) is 0 Å². The third-order valence-electron chi connectivity index (χ3n) is 3.82. The molecule has 0 saturated carbocycles. The van der Waals surface area contributed by atoms with Crippen LogP contribution < -0.4 is 0 Å². The van der Waals surface area contributed by atoms with Crippen LogP contribution in [0.5, 0.6) is 0 Å². The third-order valence-corrected chi connectivity index (χ3v) is 4.63. The molecule has 2 nitrogen and oxygen atoms in total. The van der Waals surface area contributed by atoms with Gasteiger partial charge in [0.15, 0.2) is 0 Å². The van der Waals surface area contributed by atoms with Crippen LogP contribution >= 0.6 is 23.2 Å². The molecule has 0 radical (unpaired) electrons. The summed E-state index contributed by atoms with van der Waals surface area (Å²) in [6, 6.07) is 11.3. The number of amides is 1. The average molecular weight is 366 g/mol. The molecule has 0 saturated heterocycles. The van der Waals surface area contributed by atoms with Gasteiger partial charge < -0.3 is 4.90 Å².